The molecule has 1 aromatic heterocycles. The summed E-state index contributed by atoms with van der Waals surface area (Å²) in [5.41, 5.74) is 0.344. The molecule has 102 valence electrons. The molecule has 0 bridgehead atoms. The number of H-pyrrole nitrogens is 1. The standard InChI is InChI=1S/C13H16FN3O2/c1-3-18-13(19-4-2)12-15-11(16-17-12)9-7-5-6-8-10(9)14/h5-8,13H,3-4H2,1-2H3,(H,15,16,17). The van der Waals surface area contributed by atoms with Crippen LogP contribution in [0.3, 0.4) is 0 Å². The fourth-order valence-electron chi connectivity index (χ4n) is 1.65. The van der Waals surface area contributed by atoms with Gasteiger partial charge in [0.2, 0.25) is 6.29 Å². The molecule has 6 heteroatoms. The van der Waals surface area contributed by atoms with E-state index in [-0.39, 0.29) is 11.6 Å². The highest BCUT2D eigenvalue weighted by molar-refractivity contribution is 5.55. The van der Waals surface area contributed by atoms with E-state index in [0.717, 1.165) is 0 Å². The fraction of sp³-hybridized carbons (Fsp3) is 0.385. The monoisotopic (exact) mass is 265 g/mol. The van der Waals surface area contributed by atoms with Crippen molar-refractivity contribution in [1.29, 1.82) is 0 Å². The molecule has 0 spiro atoms. The molecule has 2 rings (SSSR count). The molecule has 0 aliphatic heterocycles. The molecule has 0 saturated heterocycles. The molecule has 1 N–H and O–H groups in total. The van der Waals surface area contributed by atoms with E-state index in [1.807, 2.05) is 13.8 Å². The Morgan fingerprint density at radius 3 is 2.53 bits per heavy atom. The molecule has 0 fully saturated rings. The lowest BCUT2D eigenvalue weighted by Crippen LogP contribution is -2.10. The third-order valence-corrected chi connectivity index (χ3v) is 2.48. The zero-order valence-corrected chi connectivity index (χ0v) is 10.9. The number of hydrogen-bond acceptors (Lipinski definition) is 4. The maximum absolute atomic E-state index is 13.6. The van der Waals surface area contributed by atoms with Gasteiger partial charge in [-0.2, -0.15) is 5.10 Å². The number of rotatable bonds is 6. The summed E-state index contributed by atoms with van der Waals surface area (Å²) in [4.78, 5) is 4.22. The highest BCUT2D eigenvalue weighted by Gasteiger charge is 2.18. The Kier molecular flexibility index (Phi) is 4.59. The molecular formula is C13H16FN3O2. The van der Waals surface area contributed by atoms with Gasteiger partial charge in [-0.05, 0) is 26.0 Å². The number of nitrogens with one attached hydrogen (secondary N) is 1. The van der Waals surface area contributed by atoms with Gasteiger partial charge in [0.05, 0.1) is 5.56 Å². The van der Waals surface area contributed by atoms with Crippen molar-refractivity contribution in [1.82, 2.24) is 15.2 Å². The summed E-state index contributed by atoms with van der Waals surface area (Å²) < 4.78 is 24.4. The first-order valence-corrected chi connectivity index (χ1v) is 6.16. The maximum atomic E-state index is 13.6. The summed E-state index contributed by atoms with van der Waals surface area (Å²) in [6.07, 6.45) is -0.608. The Morgan fingerprint density at radius 1 is 1.21 bits per heavy atom. The first-order valence-electron chi connectivity index (χ1n) is 6.16. The third kappa shape index (κ3) is 3.15. The average Bonchev–Trinajstić information content (AvgIpc) is 2.88. The van der Waals surface area contributed by atoms with Crippen molar-refractivity contribution >= 4 is 0 Å². The highest BCUT2D eigenvalue weighted by Crippen LogP contribution is 2.21. The van der Waals surface area contributed by atoms with Gasteiger partial charge in [0.25, 0.3) is 0 Å². The van der Waals surface area contributed by atoms with E-state index in [1.165, 1.54) is 6.07 Å². The summed E-state index contributed by atoms with van der Waals surface area (Å²) in [6.45, 7) is 4.70. The van der Waals surface area contributed by atoms with E-state index < -0.39 is 6.29 Å². The van der Waals surface area contributed by atoms with Gasteiger partial charge in [0.1, 0.15) is 5.82 Å². The normalized spacial score (nSPS) is 11.2. The third-order valence-electron chi connectivity index (χ3n) is 2.48. The smallest absolute Gasteiger partial charge is 0.218 e. The van der Waals surface area contributed by atoms with Crippen molar-refractivity contribution < 1.29 is 13.9 Å². The second kappa shape index (κ2) is 6.40. The average molecular weight is 265 g/mol. The Labute approximate surface area is 110 Å². The van der Waals surface area contributed by atoms with Crippen LogP contribution in [-0.4, -0.2) is 28.4 Å². The predicted molar refractivity (Wildman–Crippen MR) is 67.8 cm³/mol. The number of hydrogen-bond donors (Lipinski definition) is 1. The van der Waals surface area contributed by atoms with Crippen molar-refractivity contribution in [3.8, 4) is 11.4 Å². The molecule has 0 atom stereocenters. The molecule has 2 aromatic rings. The van der Waals surface area contributed by atoms with Crippen LogP contribution in [0.2, 0.25) is 0 Å². The van der Waals surface area contributed by atoms with Gasteiger partial charge >= 0.3 is 0 Å². The van der Waals surface area contributed by atoms with Crippen molar-refractivity contribution in [3.63, 3.8) is 0 Å². The van der Waals surface area contributed by atoms with Crippen LogP contribution in [0.25, 0.3) is 11.4 Å². The quantitative estimate of drug-likeness (QED) is 0.816. The molecule has 5 nitrogen and oxygen atoms in total. The molecule has 0 radical (unpaired) electrons. The van der Waals surface area contributed by atoms with Crippen LogP contribution in [0, 0.1) is 5.82 Å². The van der Waals surface area contributed by atoms with Crippen LogP contribution >= 0.6 is 0 Å². The lowest BCUT2D eigenvalue weighted by Gasteiger charge is -2.13. The van der Waals surface area contributed by atoms with Crippen molar-refractivity contribution in [3.05, 3.63) is 35.9 Å². The Morgan fingerprint density at radius 2 is 1.89 bits per heavy atom. The predicted octanol–water partition coefficient (Wildman–Crippen LogP) is 2.68. The van der Waals surface area contributed by atoms with Crippen molar-refractivity contribution in [2.45, 2.75) is 20.1 Å². The van der Waals surface area contributed by atoms with Gasteiger partial charge in [-0.3, -0.25) is 5.10 Å². The van der Waals surface area contributed by atoms with Crippen molar-refractivity contribution in [2.24, 2.45) is 0 Å². The fourth-order valence-corrected chi connectivity index (χ4v) is 1.65. The number of aromatic amines is 1. The van der Waals surface area contributed by atoms with E-state index in [9.17, 15) is 4.39 Å². The summed E-state index contributed by atoms with van der Waals surface area (Å²) >= 11 is 0. The number of aromatic nitrogens is 3. The van der Waals surface area contributed by atoms with E-state index in [0.29, 0.717) is 24.6 Å². The largest absolute Gasteiger partial charge is 0.346 e. The lowest BCUT2D eigenvalue weighted by molar-refractivity contribution is -0.145. The number of benzene rings is 1. The Balaban J connectivity index is 2.25. The van der Waals surface area contributed by atoms with E-state index in [2.05, 4.69) is 15.2 Å². The van der Waals surface area contributed by atoms with Gasteiger partial charge in [0.15, 0.2) is 11.6 Å². The van der Waals surface area contributed by atoms with Crippen LogP contribution in [0.1, 0.15) is 26.0 Å². The summed E-state index contributed by atoms with van der Waals surface area (Å²) in [5, 5.41) is 6.72. The van der Waals surface area contributed by atoms with Crippen LogP contribution < -0.4 is 0 Å². The van der Waals surface area contributed by atoms with Gasteiger partial charge in [0, 0.05) is 13.2 Å². The second-order valence-corrected chi connectivity index (χ2v) is 3.77. The van der Waals surface area contributed by atoms with Crippen molar-refractivity contribution in [2.75, 3.05) is 13.2 Å². The van der Waals surface area contributed by atoms with Gasteiger partial charge in [-0.1, -0.05) is 12.1 Å². The van der Waals surface area contributed by atoms with Crippen LogP contribution in [-0.2, 0) is 9.47 Å². The Hall–Kier alpha value is -1.79. The van der Waals surface area contributed by atoms with E-state index in [4.69, 9.17) is 9.47 Å². The summed E-state index contributed by atoms with van der Waals surface area (Å²) in [6, 6.07) is 6.35. The van der Waals surface area contributed by atoms with Crippen LogP contribution in [0.4, 0.5) is 4.39 Å². The molecular weight excluding hydrogens is 249 g/mol. The SMILES string of the molecule is CCOC(OCC)c1nc(-c2ccccc2F)n[nH]1. The van der Waals surface area contributed by atoms with Gasteiger partial charge < -0.3 is 9.47 Å². The summed E-state index contributed by atoms with van der Waals surface area (Å²) in [5.74, 6) is 0.358. The first kappa shape index (κ1) is 13.6. The minimum Gasteiger partial charge on any atom is -0.346 e. The highest BCUT2D eigenvalue weighted by atomic mass is 19.1. The molecule has 0 unspecified atom stereocenters. The minimum absolute atomic E-state index is 0.289. The van der Waals surface area contributed by atoms with Crippen LogP contribution in [0.15, 0.2) is 24.3 Å². The van der Waals surface area contributed by atoms with Gasteiger partial charge in [-0.25, -0.2) is 9.37 Å². The van der Waals surface area contributed by atoms with E-state index in [1.54, 1.807) is 18.2 Å². The maximum Gasteiger partial charge on any atom is 0.218 e. The first-order chi connectivity index (χ1) is 9.26. The second-order valence-electron chi connectivity index (χ2n) is 3.77. The minimum atomic E-state index is -0.608. The molecule has 0 aliphatic carbocycles. The molecule has 19 heavy (non-hydrogen) atoms. The molecule has 1 aromatic carbocycles. The number of nitrogens with zero attached hydrogens (tertiary/aromatic N) is 2. The Bertz CT molecular complexity index is 524. The molecule has 1 heterocycles. The van der Waals surface area contributed by atoms with Crippen LogP contribution in [0.5, 0.6) is 0 Å². The van der Waals surface area contributed by atoms with Gasteiger partial charge in [-0.15, -0.1) is 0 Å². The van der Waals surface area contributed by atoms with E-state index >= 15 is 0 Å². The molecule has 0 saturated carbocycles. The molecule has 0 amide bonds. The molecule has 0 aliphatic rings. The topological polar surface area (TPSA) is 60.0 Å². The number of ether oxygens (including phenoxy) is 2. The zero-order valence-electron chi connectivity index (χ0n) is 10.9. The summed E-state index contributed by atoms with van der Waals surface area (Å²) in [7, 11) is 0. The zero-order chi connectivity index (χ0) is 13.7. The number of halogens is 1. The lowest BCUT2D eigenvalue weighted by atomic mass is 10.2.